The zero-order valence-corrected chi connectivity index (χ0v) is 21.2. The van der Waals surface area contributed by atoms with Crippen LogP contribution < -0.4 is 9.80 Å². The van der Waals surface area contributed by atoms with Crippen molar-refractivity contribution in [2.24, 2.45) is 4.99 Å². The molecule has 5 rings (SSSR count). The zero-order valence-electron chi connectivity index (χ0n) is 20.4. The number of nitrogens with zero attached hydrogens (tertiary/aromatic N) is 4. The summed E-state index contributed by atoms with van der Waals surface area (Å²) in [5.74, 6) is 0.0119. The lowest BCUT2D eigenvalue weighted by Gasteiger charge is -2.29. The van der Waals surface area contributed by atoms with Gasteiger partial charge in [0, 0.05) is 44.1 Å². The van der Waals surface area contributed by atoms with Gasteiger partial charge in [-0.15, -0.1) is 0 Å². The lowest BCUT2D eigenvalue weighted by Crippen LogP contribution is -2.36. The Morgan fingerprint density at radius 3 is 2.11 bits per heavy atom. The Morgan fingerprint density at radius 1 is 0.914 bits per heavy atom. The van der Waals surface area contributed by atoms with Crippen LogP contribution in [0.2, 0.25) is 0 Å². The Bertz CT molecular complexity index is 1120. The van der Waals surface area contributed by atoms with Crippen LogP contribution in [0, 0.1) is 6.92 Å². The standard InChI is InChI=1S/C27H32N4O3S/c1-3-31-26(32)25(19-21-4-7-24(18-20(21)2)30-12-16-34-17-13-30)35-27(31)28-22-5-8-23(9-6-22)29-10-14-33-15-11-29/h4-9,18-19H,3,10-17H2,1-2H3. The van der Waals surface area contributed by atoms with Gasteiger partial charge >= 0.3 is 0 Å². The largest absolute Gasteiger partial charge is 0.378 e. The number of hydrogen-bond acceptors (Lipinski definition) is 7. The lowest BCUT2D eigenvalue weighted by atomic mass is 10.1. The Balaban J connectivity index is 1.33. The van der Waals surface area contributed by atoms with Crippen molar-refractivity contribution in [2.45, 2.75) is 13.8 Å². The number of hydrogen-bond donors (Lipinski definition) is 0. The second kappa shape index (κ2) is 10.8. The molecule has 2 aromatic carbocycles. The molecule has 0 radical (unpaired) electrons. The number of ether oxygens (including phenoxy) is 2. The second-order valence-electron chi connectivity index (χ2n) is 8.81. The molecule has 3 saturated heterocycles. The molecule has 3 aliphatic heterocycles. The maximum Gasteiger partial charge on any atom is 0.266 e. The van der Waals surface area contributed by atoms with Crippen molar-refractivity contribution < 1.29 is 14.3 Å². The van der Waals surface area contributed by atoms with E-state index in [9.17, 15) is 4.79 Å². The average Bonchev–Trinajstić information content (AvgIpc) is 3.20. The van der Waals surface area contributed by atoms with Gasteiger partial charge in [0.15, 0.2) is 5.17 Å². The molecule has 0 aromatic heterocycles. The number of benzene rings is 2. The number of anilines is 2. The molecule has 1 amide bonds. The van der Waals surface area contributed by atoms with Gasteiger partial charge in [-0.3, -0.25) is 9.69 Å². The van der Waals surface area contributed by atoms with Crippen molar-refractivity contribution >= 4 is 46.0 Å². The third-order valence-electron chi connectivity index (χ3n) is 6.57. The molecule has 0 atom stereocenters. The first-order valence-corrected chi connectivity index (χ1v) is 13.1. The van der Waals surface area contributed by atoms with Crippen LogP contribution in [0.25, 0.3) is 6.08 Å². The van der Waals surface area contributed by atoms with Crippen molar-refractivity contribution in [1.82, 2.24) is 4.90 Å². The Morgan fingerprint density at radius 2 is 1.51 bits per heavy atom. The minimum absolute atomic E-state index is 0.0119. The van der Waals surface area contributed by atoms with Crippen LogP contribution in [-0.2, 0) is 14.3 Å². The predicted molar refractivity (Wildman–Crippen MR) is 144 cm³/mol. The third kappa shape index (κ3) is 5.39. The first kappa shape index (κ1) is 23.9. The Kier molecular flexibility index (Phi) is 7.41. The van der Waals surface area contributed by atoms with Crippen LogP contribution in [0.15, 0.2) is 52.4 Å². The van der Waals surface area contributed by atoms with Crippen LogP contribution in [0.5, 0.6) is 0 Å². The number of rotatable bonds is 5. The number of likely N-dealkylation sites (N-methyl/N-ethyl adjacent to an activating group) is 1. The number of aliphatic imine (C=N–C) groups is 1. The Hall–Kier alpha value is -2.81. The third-order valence-corrected chi connectivity index (χ3v) is 7.58. The van der Waals surface area contributed by atoms with Gasteiger partial charge in [-0.1, -0.05) is 6.07 Å². The number of carbonyl (C=O) groups is 1. The quantitative estimate of drug-likeness (QED) is 0.581. The Labute approximate surface area is 211 Å². The summed E-state index contributed by atoms with van der Waals surface area (Å²) < 4.78 is 10.9. The highest BCUT2D eigenvalue weighted by atomic mass is 32.2. The number of amides is 1. The van der Waals surface area contributed by atoms with E-state index in [4.69, 9.17) is 14.5 Å². The molecule has 2 aromatic rings. The highest BCUT2D eigenvalue weighted by Crippen LogP contribution is 2.35. The van der Waals surface area contributed by atoms with Gasteiger partial charge in [0.25, 0.3) is 5.91 Å². The van der Waals surface area contributed by atoms with Gasteiger partial charge in [0.1, 0.15) is 0 Å². The zero-order chi connectivity index (χ0) is 24.2. The molecule has 7 nitrogen and oxygen atoms in total. The van der Waals surface area contributed by atoms with E-state index in [0.717, 1.165) is 74.6 Å². The van der Waals surface area contributed by atoms with Gasteiger partial charge in [-0.05, 0) is 79.2 Å². The van der Waals surface area contributed by atoms with Gasteiger partial charge in [-0.2, -0.15) is 0 Å². The summed E-state index contributed by atoms with van der Waals surface area (Å²) in [5.41, 5.74) is 5.45. The first-order valence-electron chi connectivity index (χ1n) is 12.3. The van der Waals surface area contributed by atoms with Crippen molar-refractivity contribution in [3.05, 3.63) is 58.5 Å². The van der Waals surface area contributed by atoms with Gasteiger partial charge in [0.05, 0.1) is 37.0 Å². The molecule has 3 aliphatic rings. The van der Waals surface area contributed by atoms with Gasteiger partial charge < -0.3 is 19.3 Å². The number of thioether (sulfide) groups is 1. The smallest absolute Gasteiger partial charge is 0.266 e. The molecule has 184 valence electrons. The highest BCUT2D eigenvalue weighted by molar-refractivity contribution is 8.18. The molecule has 3 fully saturated rings. The molecule has 0 N–H and O–H groups in total. The van der Waals surface area contributed by atoms with Crippen LogP contribution in [0.3, 0.4) is 0 Å². The lowest BCUT2D eigenvalue weighted by molar-refractivity contribution is -0.122. The molecular weight excluding hydrogens is 460 g/mol. The minimum atomic E-state index is 0.0119. The van der Waals surface area contributed by atoms with E-state index >= 15 is 0 Å². The van der Waals surface area contributed by atoms with Crippen LogP contribution in [0.4, 0.5) is 17.1 Å². The molecule has 0 spiro atoms. The normalized spacial score (nSPS) is 21.4. The fraction of sp³-hybridized carbons (Fsp3) is 0.407. The summed E-state index contributed by atoms with van der Waals surface area (Å²) in [5, 5.41) is 0.727. The summed E-state index contributed by atoms with van der Waals surface area (Å²) in [6.07, 6.45) is 2.00. The summed E-state index contributed by atoms with van der Waals surface area (Å²) in [6, 6.07) is 14.7. The molecule has 0 unspecified atom stereocenters. The molecule has 8 heteroatoms. The van der Waals surface area contributed by atoms with Gasteiger partial charge in [-0.25, -0.2) is 4.99 Å². The number of morpholine rings is 2. The van der Waals surface area contributed by atoms with E-state index in [1.54, 1.807) is 4.90 Å². The fourth-order valence-corrected chi connectivity index (χ4v) is 5.57. The second-order valence-corrected chi connectivity index (χ2v) is 9.82. The van der Waals surface area contributed by atoms with E-state index < -0.39 is 0 Å². The molecule has 35 heavy (non-hydrogen) atoms. The van der Waals surface area contributed by atoms with Crippen molar-refractivity contribution in [3.8, 4) is 0 Å². The van der Waals surface area contributed by atoms with E-state index in [1.165, 1.54) is 23.1 Å². The van der Waals surface area contributed by atoms with E-state index in [1.807, 2.05) is 25.1 Å². The van der Waals surface area contributed by atoms with Crippen LogP contribution >= 0.6 is 11.8 Å². The monoisotopic (exact) mass is 492 g/mol. The van der Waals surface area contributed by atoms with Crippen molar-refractivity contribution in [3.63, 3.8) is 0 Å². The molecule has 3 heterocycles. The summed E-state index contributed by atoms with van der Waals surface area (Å²) in [6.45, 7) is 11.4. The number of carbonyl (C=O) groups excluding carboxylic acids is 1. The summed E-state index contributed by atoms with van der Waals surface area (Å²) >= 11 is 1.45. The topological polar surface area (TPSA) is 57.6 Å². The highest BCUT2D eigenvalue weighted by Gasteiger charge is 2.32. The van der Waals surface area contributed by atoms with E-state index in [0.29, 0.717) is 11.4 Å². The molecule has 0 aliphatic carbocycles. The molecule has 0 saturated carbocycles. The van der Waals surface area contributed by atoms with Gasteiger partial charge in [0.2, 0.25) is 0 Å². The van der Waals surface area contributed by atoms with Crippen molar-refractivity contribution in [2.75, 3.05) is 69.0 Å². The predicted octanol–water partition coefficient (Wildman–Crippen LogP) is 4.29. The van der Waals surface area contributed by atoms with Crippen LogP contribution in [0.1, 0.15) is 18.1 Å². The number of amidine groups is 1. The maximum absolute atomic E-state index is 13.1. The summed E-state index contributed by atoms with van der Waals surface area (Å²) in [7, 11) is 0. The average molecular weight is 493 g/mol. The van der Waals surface area contributed by atoms with Crippen LogP contribution in [-0.4, -0.2) is 75.1 Å². The maximum atomic E-state index is 13.1. The fourth-order valence-electron chi connectivity index (χ4n) is 4.52. The SMILES string of the molecule is CCN1C(=O)C(=Cc2ccc(N3CCOCC3)cc2C)SC1=Nc1ccc(N2CCOCC2)cc1. The summed E-state index contributed by atoms with van der Waals surface area (Å²) in [4.78, 5) is 25.1. The van der Waals surface area contributed by atoms with E-state index in [-0.39, 0.29) is 5.91 Å². The van der Waals surface area contributed by atoms with E-state index in [2.05, 4.69) is 47.1 Å². The first-order chi connectivity index (χ1) is 17.1. The van der Waals surface area contributed by atoms with Crippen molar-refractivity contribution in [1.29, 1.82) is 0 Å². The molecule has 0 bridgehead atoms. The number of aryl methyl sites for hydroxylation is 1. The molecular formula is C27H32N4O3S. The minimum Gasteiger partial charge on any atom is -0.378 e.